The highest BCUT2D eigenvalue weighted by Crippen LogP contribution is 2.30. The Balaban J connectivity index is 2.34. The number of furan rings is 1. The lowest BCUT2D eigenvalue weighted by Crippen LogP contribution is -2.44. The van der Waals surface area contributed by atoms with Gasteiger partial charge in [-0.3, -0.25) is 0 Å². The lowest BCUT2D eigenvalue weighted by molar-refractivity contribution is 0.220. The molecule has 1 fully saturated rings. The SMILES string of the molecule is Cc1oc(CO)cc1S(=O)(=O)N1CCC(C)CC1C. The van der Waals surface area contributed by atoms with Crippen LogP contribution < -0.4 is 0 Å². The van der Waals surface area contributed by atoms with Crippen LogP contribution in [-0.2, 0) is 16.6 Å². The van der Waals surface area contributed by atoms with Gasteiger partial charge in [0.15, 0.2) is 0 Å². The zero-order valence-electron chi connectivity index (χ0n) is 11.6. The number of aryl methyl sites for hydroxylation is 1. The molecular formula is C13H21NO4S. The standard InChI is InChI=1S/C13H21NO4S/c1-9-4-5-14(10(2)6-9)19(16,17)13-7-12(8-15)18-11(13)3/h7,9-10,15H,4-6,8H2,1-3H3. The van der Waals surface area contributed by atoms with Gasteiger partial charge in [0, 0.05) is 18.7 Å². The van der Waals surface area contributed by atoms with E-state index < -0.39 is 10.0 Å². The van der Waals surface area contributed by atoms with Crippen molar-refractivity contribution in [2.75, 3.05) is 6.54 Å². The second-order valence-electron chi connectivity index (χ2n) is 5.39. The molecule has 1 N–H and O–H groups in total. The van der Waals surface area contributed by atoms with Gasteiger partial charge in [-0.15, -0.1) is 0 Å². The van der Waals surface area contributed by atoms with Crippen LogP contribution in [0.5, 0.6) is 0 Å². The second-order valence-corrected chi connectivity index (χ2v) is 7.24. The van der Waals surface area contributed by atoms with Crippen molar-refractivity contribution < 1.29 is 17.9 Å². The summed E-state index contributed by atoms with van der Waals surface area (Å²) in [5, 5.41) is 9.04. The Hall–Kier alpha value is -0.850. The van der Waals surface area contributed by atoms with Crippen molar-refractivity contribution in [3.63, 3.8) is 0 Å². The summed E-state index contributed by atoms with van der Waals surface area (Å²) in [6.45, 7) is 5.96. The Labute approximate surface area is 114 Å². The van der Waals surface area contributed by atoms with E-state index in [-0.39, 0.29) is 23.3 Å². The minimum Gasteiger partial charge on any atom is -0.462 e. The summed E-state index contributed by atoms with van der Waals surface area (Å²) >= 11 is 0. The number of rotatable bonds is 3. The van der Waals surface area contributed by atoms with Gasteiger partial charge in [0.1, 0.15) is 23.0 Å². The highest BCUT2D eigenvalue weighted by molar-refractivity contribution is 7.89. The van der Waals surface area contributed by atoms with E-state index in [1.54, 1.807) is 11.2 Å². The van der Waals surface area contributed by atoms with Crippen LogP contribution in [0.4, 0.5) is 0 Å². The maximum Gasteiger partial charge on any atom is 0.246 e. The molecular weight excluding hydrogens is 266 g/mol. The van der Waals surface area contributed by atoms with E-state index in [9.17, 15) is 8.42 Å². The fourth-order valence-electron chi connectivity index (χ4n) is 2.73. The first kappa shape index (κ1) is 14.6. The molecule has 19 heavy (non-hydrogen) atoms. The van der Waals surface area contributed by atoms with E-state index in [1.165, 1.54) is 6.07 Å². The molecule has 2 heterocycles. The van der Waals surface area contributed by atoms with Crippen molar-refractivity contribution in [2.45, 2.75) is 51.2 Å². The number of aliphatic hydroxyl groups is 1. The maximum absolute atomic E-state index is 12.6. The van der Waals surface area contributed by atoms with Crippen LogP contribution in [0.25, 0.3) is 0 Å². The molecule has 0 saturated carbocycles. The van der Waals surface area contributed by atoms with Gasteiger partial charge in [0.25, 0.3) is 0 Å². The molecule has 0 bridgehead atoms. The summed E-state index contributed by atoms with van der Waals surface area (Å²) < 4.78 is 32.1. The molecule has 0 spiro atoms. The summed E-state index contributed by atoms with van der Waals surface area (Å²) in [4.78, 5) is 0.179. The van der Waals surface area contributed by atoms with Crippen LogP contribution in [-0.4, -0.2) is 30.4 Å². The van der Waals surface area contributed by atoms with Crippen LogP contribution >= 0.6 is 0 Å². The molecule has 0 aromatic carbocycles. The molecule has 1 aliphatic rings. The zero-order chi connectivity index (χ0) is 14.2. The summed E-state index contributed by atoms with van der Waals surface area (Å²) in [5.74, 6) is 1.18. The van der Waals surface area contributed by atoms with Gasteiger partial charge in [-0.1, -0.05) is 6.92 Å². The lowest BCUT2D eigenvalue weighted by Gasteiger charge is -2.35. The maximum atomic E-state index is 12.6. The Morgan fingerprint density at radius 2 is 2.16 bits per heavy atom. The smallest absolute Gasteiger partial charge is 0.246 e. The molecule has 0 aliphatic carbocycles. The van der Waals surface area contributed by atoms with Crippen molar-refractivity contribution in [1.29, 1.82) is 0 Å². The molecule has 1 aliphatic heterocycles. The number of hydrogen-bond acceptors (Lipinski definition) is 4. The predicted octanol–water partition coefficient (Wildman–Crippen LogP) is 1.89. The second kappa shape index (κ2) is 5.26. The molecule has 2 atom stereocenters. The van der Waals surface area contributed by atoms with Gasteiger partial charge in [-0.2, -0.15) is 4.31 Å². The van der Waals surface area contributed by atoms with Gasteiger partial charge in [0.05, 0.1) is 0 Å². The third-order valence-electron chi connectivity index (χ3n) is 3.74. The van der Waals surface area contributed by atoms with Gasteiger partial charge in [0.2, 0.25) is 10.0 Å². The largest absolute Gasteiger partial charge is 0.462 e. The number of sulfonamides is 1. The van der Waals surface area contributed by atoms with Gasteiger partial charge < -0.3 is 9.52 Å². The average molecular weight is 287 g/mol. The Kier molecular flexibility index (Phi) is 4.03. The summed E-state index contributed by atoms with van der Waals surface area (Å²) in [5.41, 5.74) is 0. The highest BCUT2D eigenvalue weighted by atomic mass is 32.2. The molecule has 1 aromatic heterocycles. The number of nitrogens with zero attached hydrogens (tertiary/aromatic N) is 1. The minimum absolute atomic E-state index is 0.000580. The van der Waals surface area contributed by atoms with Crippen LogP contribution in [0.15, 0.2) is 15.4 Å². The fourth-order valence-corrected chi connectivity index (χ4v) is 4.57. The van der Waals surface area contributed by atoms with E-state index in [4.69, 9.17) is 9.52 Å². The fraction of sp³-hybridized carbons (Fsp3) is 0.692. The van der Waals surface area contributed by atoms with Crippen molar-refractivity contribution in [3.05, 3.63) is 17.6 Å². The normalized spacial score (nSPS) is 25.7. The van der Waals surface area contributed by atoms with E-state index in [0.29, 0.717) is 18.2 Å². The van der Waals surface area contributed by atoms with E-state index >= 15 is 0 Å². The first-order chi connectivity index (χ1) is 8.86. The Morgan fingerprint density at radius 1 is 1.47 bits per heavy atom. The number of piperidine rings is 1. The van der Waals surface area contributed by atoms with Crippen LogP contribution in [0.2, 0.25) is 0 Å². The monoisotopic (exact) mass is 287 g/mol. The summed E-state index contributed by atoms with van der Waals surface area (Å²) in [6.07, 6.45) is 1.76. The topological polar surface area (TPSA) is 70.8 Å². The first-order valence-corrected chi connectivity index (χ1v) is 8.02. The molecule has 2 rings (SSSR count). The molecule has 108 valence electrons. The lowest BCUT2D eigenvalue weighted by atomic mass is 9.95. The van der Waals surface area contributed by atoms with Crippen molar-refractivity contribution in [1.82, 2.24) is 4.31 Å². The van der Waals surface area contributed by atoms with Gasteiger partial charge in [-0.25, -0.2) is 8.42 Å². The molecule has 0 radical (unpaired) electrons. The molecule has 6 heteroatoms. The van der Waals surface area contributed by atoms with Crippen molar-refractivity contribution in [3.8, 4) is 0 Å². The van der Waals surface area contributed by atoms with Gasteiger partial charge >= 0.3 is 0 Å². The Bertz CT molecular complexity index is 549. The molecule has 0 amide bonds. The summed E-state index contributed by atoms with van der Waals surface area (Å²) in [6, 6.07) is 1.43. The van der Waals surface area contributed by atoms with Crippen LogP contribution in [0, 0.1) is 12.8 Å². The highest BCUT2D eigenvalue weighted by Gasteiger charge is 2.35. The summed E-state index contributed by atoms with van der Waals surface area (Å²) in [7, 11) is -3.53. The zero-order valence-corrected chi connectivity index (χ0v) is 12.4. The predicted molar refractivity (Wildman–Crippen MR) is 71.1 cm³/mol. The Morgan fingerprint density at radius 3 is 2.68 bits per heavy atom. The minimum atomic E-state index is -3.53. The first-order valence-electron chi connectivity index (χ1n) is 6.58. The molecule has 1 saturated heterocycles. The van der Waals surface area contributed by atoms with E-state index in [2.05, 4.69) is 6.92 Å². The number of hydrogen-bond donors (Lipinski definition) is 1. The van der Waals surface area contributed by atoms with E-state index in [0.717, 1.165) is 12.8 Å². The quantitative estimate of drug-likeness (QED) is 0.921. The number of aliphatic hydroxyl groups excluding tert-OH is 1. The van der Waals surface area contributed by atoms with Crippen LogP contribution in [0.1, 0.15) is 38.2 Å². The van der Waals surface area contributed by atoms with Gasteiger partial charge in [-0.05, 0) is 32.6 Å². The molecule has 5 nitrogen and oxygen atoms in total. The average Bonchev–Trinajstić information content (AvgIpc) is 2.70. The molecule has 2 unspecified atom stereocenters. The van der Waals surface area contributed by atoms with Crippen molar-refractivity contribution >= 4 is 10.0 Å². The third kappa shape index (κ3) is 2.70. The van der Waals surface area contributed by atoms with Crippen molar-refractivity contribution in [2.24, 2.45) is 5.92 Å². The van der Waals surface area contributed by atoms with Crippen LogP contribution in [0.3, 0.4) is 0 Å². The third-order valence-corrected chi connectivity index (χ3v) is 5.86. The van der Waals surface area contributed by atoms with E-state index in [1.807, 2.05) is 6.92 Å². The molecule has 1 aromatic rings.